The summed E-state index contributed by atoms with van der Waals surface area (Å²) in [7, 11) is 0. The fourth-order valence-electron chi connectivity index (χ4n) is 1.92. The highest BCUT2D eigenvalue weighted by Crippen LogP contribution is 2.25. The predicted molar refractivity (Wildman–Crippen MR) is 76.1 cm³/mol. The van der Waals surface area contributed by atoms with E-state index in [2.05, 4.69) is 44.5 Å². The van der Waals surface area contributed by atoms with E-state index in [1.807, 2.05) is 12.1 Å². The molecule has 0 radical (unpaired) electrons. The van der Waals surface area contributed by atoms with E-state index >= 15 is 0 Å². The fourth-order valence-corrected chi connectivity index (χ4v) is 2.92. The van der Waals surface area contributed by atoms with Crippen molar-refractivity contribution in [2.45, 2.75) is 19.4 Å². The van der Waals surface area contributed by atoms with Gasteiger partial charge in [0.05, 0.1) is 16.3 Å². The van der Waals surface area contributed by atoms with Crippen molar-refractivity contribution in [3.63, 3.8) is 0 Å². The van der Waals surface area contributed by atoms with E-state index in [1.54, 1.807) is 11.3 Å². The van der Waals surface area contributed by atoms with E-state index in [-0.39, 0.29) is 6.04 Å². The van der Waals surface area contributed by atoms with Gasteiger partial charge in [-0.05, 0) is 19.1 Å². The van der Waals surface area contributed by atoms with Gasteiger partial charge in [0, 0.05) is 13.0 Å². The van der Waals surface area contributed by atoms with E-state index in [0.29, 0.717) is 0 Å². The highest BCUT2D eigenvalue weighted by Gasteiger charge is 2.10. The number of hydrogen-bond acceptors (Lipinski definition) is 5. The molecule has 19 heavy (non-hydrogen) atoms. The zero-order chi connectivity index (χ0) is 13.1. The van der Waals surface area contributed by atoms with Crippen LogP contribution in [0, 0.1) is 0 Å². The number of benzene rings is 1. The van der Waals surface area contributed by atoms with Crippen molar-refractivity contribution in [1.29, 1.82) is 0 Å². The third kappa shape index (κ3) is 2.80. The number of thiazole rings is 1. The summed E-state index contributed by atoms with van der Waals surface area (Å²) in [6.07, 6.45) is 2.38. The highest BCUT2D eigenvalue weighted by molar-refractivity contribution is 7.18. The van der Waals surface area contributed by atoms with Crippen molar-refractivity contribution in [2.75, 3.05) is 6.54 Å². The van der Waals surface area contributed by atoms with Gasteiger partial charge < -0.3 is 5.32 Å². The van der Waals surface area contributed by atoms with Gasteiger partial charge in [0.15, 0.2) is 0 Å². The maximum Gasteiger partial charge on any atom is 0.137 e. The Balaban J connectivity index is 1.61. The number of hydrogen-bond donors (Lipinski definition) is 2. The van der Waals surface area contributed by atoms with Gasteiger partial charge in [0.1, 0.15) is 17.2 Å². The zero-order valence-electron chi connectivity index (χ0n) is 10.6. The second-order valence-corrected chi connectivity index (χ2v) is 5.44. The highest BCUT2D eigenvalue weighted by atomic mass is 32.1. The van der Waals surface area contributed by atoms with Crippen LogP contribution in [0.5, 0.6) is 0 Å². The van der Waals surface area contributed by atoms with Crippen LogP contribution in [0.2, 0.25) is 0 Å². The lowest BCUT2D eigenvalue weighted by atomic mass is 10.3. The number of fused-ring (bicyclic) bond motifs is 1. The predicted octanol–water partition coefficient (Wildman–Crippen LogP) is 2.31. The Morgan fingerprint density at radius 1 is 1.37 bits per heavy atom. The lowest BCUT2D eigenvalue weighted by molar-refractivity contribution is 0.569. The minimum absolute atomic E-state index is 0.250. The molecule has 0 spiro atoms. The molecule has 0 amide bonds. The van der Waals surface area contributed by atoms with Crippen molar-refractivity contribution in [1.82, 2.24) is 25.5 Å². The summed E-state index contributed by atoms with van der Waals surface area (Å²) >= 11 is 1.74. The second-order valence-electron chi connectivity index (χ2n) is 4.38. The molecule has 2 N–H and O–H groups in total. The largest absolute Gasteiger partial charge is 0.308 e. The molecule has 0 bridgehead atoms. The maximum absolute atomic E-state index is 4.65. The summed E-state index contributed by atoms with van der Waals surface area (Å²) in [5.74, 6) is 0.906. The Hall–Kier alpha value is -1.79. The number of para-hydroxylation sites is 1. The lowest BCUT2D eigenvalue weighted by Crippen LogP contribution is -2.21. The van der Waals surface area contributed by atoms with Crippen LogP contribution in [-0.4, -0.2) is 26.7 Å². The molecule has 0 saturated carbocycles. The topological polar surface area (TPSA) is 66.5 Å². The Morgan fingerprint density at radius 3 is 3.05 bits per heavy atom. The van der Waals surface area contributed by atoms with Gasteiger partial charge in [-0.25, -0.2) is 9.97 Å². The van der Waals surface area contributed by atoms with Crippen molar-refractivity contribution in [3.05, 3.63) is 41.4 Å². The normalized spacial score (nSPS) is 12.9. The van der Waals surface area contributed by atoms with Crippen LogP contribution in [0.1, 0.15) is 23.8 Å². The number of aromatic amines is 1. The quantitative estimate of drug-likeness (QED) is 0.748. The first-order valence-corrected chi connectivity index (χ1v) is 7.07. The van der Waals surface area contributed by atoms with Gasteiger partial charge >= 0.3 is 0 Å². The van der Waals surface area contributed by atoms with Crippen LogP contribution in [-0.2, 0) is 6.42 Å². The zero-order valence-corrected chi connectivity index (χ0v) is 11.4. The molecule has 6 heteroatoms. The Bertz CT molecular complexity index is 613. The number of nitrogens with zero attached hydrogens (tertiary/aromatic N) is 3. The minimum atomic E-state index is 0.250. The number of nitrogens with one attached hydrogen (secondary N) is 2. The van der Waals surface area contributed by atoms with Crippen molar-refractivity contribution in [3.8, 4) is 0 Å². The summed E-state index contributed by atoms with van der Waals surface area (Å²) in [6.45, 7) is 2.99. The molecule has 3 aromatic rings. The van der Waals surface area contributed by atoms with Crippen LogP contribution in [0.3, 0.4) is 0 Å². The van der Waals surface area contributed by atoms with E-state index in [1.165, 1.54) is 11.0 Å². The number of aromatic nitrogens is 4. The number of H-pyrrole nitrogens is 1. The first-order valence-electron chi connectivity index (χ1n) is 6.26. The van der Waals surface area contributed by atoms with Gasteiger partial charge in [-0.2, -0.15) is 5.10 Å². The average Bonchev–Trinajstić information content (AvgIpc) is 3.07. The third-order valence-electron chi connectivity index (χ3n) is 2.96. The molecule has 1 unspecified atom stereocenters. The summed E-state index contributed by atoms with van der Waals surface area (Å²) in [4.78, 5) is 8.75. The monoisotopic (exact) mass is 273 g/mol. The standard InChI is InChI=1S/C13H15N5S/c1-9(14-7-6-12-15-8-16-18-12)13-17-10-4-2-3-5-11(10)19-13/h2-5,8-9,14H,6-7H2,1H3,(H,15,16,18). The van der Waals surface area contributed by atoms with Crippen LogP contribution in [0.25, 0.3) is 10.2 Å². The molecular formula is C13H15N5S. The van der Waals surface area contributed by atoms with Crippen LogP contribution in [0.4, 0.5) is 0 Å². The van der Waals surface area contributed by atoms with Gasteiger partial charge in [-0.15, -0.1) is 11.3 Å². The van der Waals surface area contributed by atoms with Crippen LogP contribution >= 0.6 is 11.3 Å². The first-order chi connectivity index (χ1) is 9.33. The molecule has 0 fully saturated rings. The molecule has 2 aromatic heterocycles. The minimum Gasteiger partial charge on any atom is -0.308 e. The molecule has 2 heterocycles. The van der Waals surface area contributed by atoms with E-state index < -0.39 is 0 Å². The van der Waals surface area contributed by atoms with Crippen LogP contribution < -0.4 is 5.32 Å². The molecule has 5 nitrogen and oxygen atoms in total. The van der Waals surface area contributed by atoms with E-state index in [0.717, 1.165) is 29.3 Å². The maximum atomic E-state index is 4.65. The number of rotatable bonds is 5. The van der Waals surface area contributed by atoms with E-state index in [4.69, 9.17) is 0 Å². The van der Waals surface area contributed by atoms with Gasteiger partial charge in [-0.3, -0.25) is 5.10 Å². The van der Waals surface area contributed by atoms with Gasteiger partial charge in [0.2, 0.25) is 0 Å². The molecular weight excluding hydrogens is 258 g/mol. The summed E-state index contributed by atoms with van der Waals surface area (Å²) in [5.41, 5.74) is 1.08. The molecule has 0 aliphatic rings. The van der Waals surface area contributed by atoms with Crippen molar-refractivity contribution in [2.24, 2.45) is 0 Å². The molecule has 1 atom stereocenters. The summed E-state index contributed by atoms with van der Waals surface area (Å²) < 4.78 is 1.24. The smallest absolute Gasteiger partial charge is 0.137 e. The van der Waals surface area contributed by atoms with Gasteiger partial charge in [0.25, 0.3) is 0 Å². The SMILES string of the molecule is CC(NCCc1ncn[nH]1)c1nc2ccccc2s1. The molecule has 1 aromatic carbocycles. The van der Waals surface area contributed by atoms with Gasteiger partial charge in [-0.1, -0.05) is 12.1 Å². The Kier molecular flexibility index (Phi) is 3.52. The average molecular weight is 273 g/mol. The second kappa shape index (κ2) is 5.46. The Morgan fingerprint density at radius 2 is 2.26 bits per heavy atom. The summed E-state index contributed by atoms with van der Waals surface area (Å²) in [6, 6.07) is 8.48. The first kappa shape index (κ1) is 12.3. The lowest BCUT2D eigenvalue weighted by Gasteiger charge is -2.09. The molecule has 0 aliphatic heterocycles. The summed E-state index contributed by atoms with van der Waals surface area (Å²) in [5, 5.41) is 11.3. The van der Waals surface area contributed by atoms with E-state index in [9.17, 15) is 0 Å². The third-order valence-corrected chi connectivity index (χ3v) is 4.18. The molecule has 0 aliphatic carbocycles. The fraction of sp³-hybridized carbons (Fsp3) is 0.308. The molecule has 3 rings (SSSR count). The van der Waals surface area contributed by atoms with Crippen molar-refractivity contribution < 1.29 is 0 Å². The van der Waals surface area contributed by atoms with Crippen LogP contribution in [0.15, 0.2) is 30.6 Å². The van der Waals surface area contributed by atoms with Crippen molar-refractivity contribution >= 4 is 21.6 Å². The molecule has 98 valence electrons. The Labute approximate surface area is 115 Å². The molecule has 0 saturated heterocycles.